The Hall–Kier alpha value is -0.470. The summed E-state index contributed by atoms with van der Waals surface area (Å²) in [6, 6.07) is 1.85. The molecule has 1 aromatic heterocycles. The molecule has 0 aromatic carbocycles. The van der Waals surface area contributed by atoms with E-state index in [-0.39, 0.29) is 17.5 Å². The molecule has 0 bridgehead atoms. The summed E-state index contributed by atoms with van der Waals surface area (Å²) in [5.74, 6) is 0. The molecular formula is C11H18N2O3S2. The number of likely N-dealkylation sites (N-methyl/N-ethyl adjacent to an activating group) is 1. The molecule has 1 fully saturated rings. The van der Waals surface area contributed by atoms with Gasteiger partial charge >= 0.3 is 0 Å². The Labute approximate surface area is 112 Å². The van der Waals surface area contributed by atoms with E-state index in [1.807, 2.05) is 14.1 Å². The second-order valence-corrected chi connectivity index (χ2v) is 7.54. The first kappa shape index (κ1) is 14.0. The van der Waals surface area contributed by atoms with Crippen LogP contribution in [0.1, 0.15) is 11.3 Å². The molecule has 1 unspecified atom stereocenters. The number of rotatable bonds is 4. The number of hydrogen-bond donors (Lipinski definition) is 1. The zero-order valence-corrected chi connectivity index (χ0v) is 12.2. The van der Waals surface area contributed by atoms with E-state index in [9.17, 15) is 13.5 Å². The maximum Gasteiger partial charge on any atom is 0.244 e. The average Bonchev–Trinajstić information content (AvgIpc) is 2.98. The van der Waals surface area contributed by atoms with Crippen molar-refractivity contribution >= 4 is 21.4 Å². The molecule has 2 heterocycles. The third-order valence-corrected chi connectivity index (χ3v) is 6.31. The summed E-state index contributed by atoms with van der Waals surface area (Å²) < 4.78 is 26.4. The molecule has 102 valence electrons. The maximum absolute atomic E-state index is 12.4. The first-order valence-electron chi connectivity index (χ1n) is 5.80. The fourth-order valence-electron chi connectivity index (χ4n) is 2.16. The van der Waals surface area contributed by atoms with E-state index in [4.69, 9.17) is 0 Å². The Morgan fingerprint density at radius 1 is 1.56 bits per heavy atom. The molecule has 0 radical (unpaired) electrons. The van der Waals surface area contributed by atoms with Gasteiger partial charge in [-0.2, -0.15) is 4.31 Å². The summed E-state index contributed by atoms with van der Waals surface area (Å²) in [5, 5.41) is 10.9. The van der Waals surface area contributed by atoms with Crippen molar-refractivity contribution in [2.75, 3.05) is 27.2 Å². The quantitative estimate of drug-likeness (QED) is 0.880. The predicted molar refractivity (Wildman–Crippen MR) is 71.1 cm³/mol. The molecule has 1 atom stereocenters. The normalized spacial score (nSPS) is 21.9. The second-order valence-electron chi connectivity index (χ2n) is 4.64. The van der Waals surface area contributed by atoms with Gasteiger partial charge in [-0.15, -0.1) is 11.3 Å². The molecule has 0 saturated carbocycles. The van der Waals surface area contributed by atoms with Crippen LogP contribution in [0.25, 0.3) is 0 Å². The third kappa shape index (κ3) is 2.46. The molecule has 0 amide bonds. The molecule has 5 nitrogen and oxygen atoms in total. The van der Waals surface area contributed by atoms with Crippen molar-refractivity contribution in [3.05, 3.63) is 16.3 Å². The van der Waals surface area contributed by atoms with Crippen LogP contribution < -0.4 is 0 Å². The molecule has 7 heteroatoms. The molecule has 1 saturated heterocycles. The molecule has 1 aliphatic rings. The van der Waals surface area contributed by atoms with Gasteiger partial charge in [-0.1, -0.05) is 0 Å². The fraction of sp³-hybridized carbons (Fsp3) is 0.636. The lowest BCUT2D eigenvalue weighted by Gasteiger charge is -2.20. The van der Waals surface area contributed by atoms with Gasteiger partial charge in [0, 0.05) is 24.0 Å². The number of thiophene rings is 1. The van der Waals surface area contributed by atoms with E-state index < -0.39 is 10.0 Å². The summed E-state index contributed by atoms with van der Waals surface area (Å²) in [5.41, 5.74) is 0. The van der Waals surface area contributed by atoms with Gasteiger partial charge in [0.05, 0.1) is 11.5 Å². The zero-order valence-electron chi connectivity index (χ0n) is 10.5. The van der Waals surface area contributed by atoms with E-state index in [1.165, 1.54) is 15.6 Å². The minimum Gasteiger partial charge on any atom is -0.391 e. The molecule has 1 aromatic rings. The standard InChI is InChI=1S/C11H18N2O3S2/c1-12(2)9-3-5-13(7-9)18(15,16)11-4-6-17-10(11)8-14/h4,6,9,14H,3,5,7-8H2,1-2H3. The second kappa shape index (κ2) is 5.26. The van der Waals surface area contributed by atoms with E-state index in [1.54, 1.807) is 11.4 Å². The van der Waals surface area contributed by atoms with Gasteiger partial charge in [-0.3, -0.25) is 0 Å². The number of hydrogen-bond acceptors (Lipinski definition) is 5. The van der Waals surface area contributed by atoms with Crippen LogP contribution in [0.5, 0.6) is 0 Å². The van der Waals surface area contributed by atoms with Crippen LogP contribution in [0.15, 0.2) is 16.3 Å². The van der Waals surface area contributed by atoms with Crippen LogP contribution in [-0.2, 0) is 16.6 Å². The Morgan fingerprint density at radius 3 is 2.83 bits per heavy atom. The van der Waals surface area contributed by atoms with Crippen molar-refractivity contribution in [2.45, 2.75) is 24.0 Å². The highest BCUT2D eigenvalue weighted by molar-refractivity contribution is 7.89. The molecule has 0 spiro atoms. The zero-order chi connectivity index (χ0) is 13.3. The highest BCUT2D eigenvalue weighted by Gasteiger charge is 2.34. The number of nitrogens with zero attached hydrogens (tertiary/aromatic N) is 2. The molecule has 0 aliphatic carbocycles. The Bertz CT molecular complexity index is 510. The molecular weight excluding hydrogens is 272 g/mol. The minimum atomic E-state index is -3.45. The van der Waals surface area contributed by atoms with Crippen molar-refractivity contribution in [2.24, 2.45) is 0 Å². The largest absolute Gasteiger partial charge is 0.391 e. The Balaban J connectivity index is 2.23. The van der Waals surface area contributed by atoms with Gasteiger partial charge in [0.25, 0.3) is 0 Å². The van der Waals surface area contributed by atoms with Crippen molar-refractivity contribution in [3.8, 4) is 0 Å². The van der Waals surface area contributed by atoms with Gasteiger partial charge in [-0.25, -0.2) is 8.42 Å². The molecule has 18 heavy (non-hydrogen) atoms. The molecule has 2 rings (SSSR count). The van der Waals surface area contributed by atoms with Crippen molar-refractivity contribution in [1.29, 1.82) is 0 Å². The first-order valence-corrected chi connectivity index (χ1v) is 8.12. The minimum absolute atomic E-state index is 0.225. The van der Waals surface area contributed by atoms with Crippen LogP contribution in [-0.4, -0.2) is 56.0 Å². The predicted octanol–water partition coefficient (Wildman–Crippen LogP) is 0.565. The van der Waals surface area contributed by atoms with Crippen LogP contribution in [0.2, 0.25) is 0 Å². The summed E-state index contributed by atoms with van der Waals surface area (Å²) in [7, 11) is 0.478. The van der Waals surface area contributed by atoms with Gasteiger partial charge in [0.15, 0.2) is 0 Å². The molecule has 1 aliphatic heterocycles. The SMILES string of the molecule is CN(C)C1CCN(S(=O)(=O)c2ccsc2CO)C1. The number of aliphatic hydroxyl groups is 1. The van der Waals surface area contributed by atoms with E-state index in [0.717, 1.165) is 6.42 Å². The van der Waals surface area contributed by atoms with Gasteiger partial charge < -0.3 is 10.0 Å². The average molecular weight is 290 g/mol. The summed E-state index contributed by atoms with van der Waals surface area (Å²) >= 11 is 1.28. The summed E-state index contributed by atoms with van der Waals surface area (Å²) in [4.78, 5) is 2.83. The summed E-state index contributed by atoms with van der Waals surface area (Å²) in [6.07, 6.45) is 0.852. The van der Waals surface area contributed by atoms with Crippen LogP contribution >= 0.6 is 11.3 Å². The van der Waals surface area contributed by atoms with Gasteiger partial charge in [0.2, 0.25) is 10.0 Å². The monoisotopic (exact) mass is 290 g/mol. The van der Waals surface area contributed by atoms with Crippen LogP contribution in [0.3, 0.4) is 0 Å². The fourth-order valence-corrected chi connectivity index (χ4v) is 4.92. The number of aliphatic hydroxyl groups excluding tert-OH is 1. The molecule has 1 N–H and O–H groups in total. The highest BCUT2D eigenvalue weighted by atomic mass is 32.2. The van der Waals surface area contributed by atoms with E-state index >= 15 is 0 Å². The van der Waals surface area contributed by atoms with Crippen molar-refractivity contribution in [1.82, 2.24) is 9.21 Å². The smallest absolute Gasteiger partial charge is 0.244 e. The lowest BCUT2D eigenvalue weighted by atomic mass is 10.2. The highest BCUT2D eigenvalue weighted by Crippen LogP contribution is 2.28. The van der Waals surface area contributed by atoms with E-state index in [0.29, 0.717) is 18.0 Å². The Morgan fingerprint density at radius 2 is 2.28 bits per heavy atom. The van der Waals surface area contributed by atoms with Crippen LogP contribution in [0, 0.1) is 0 Å². The lowest BCUT2D eigenvalue weighted by Crippen LogP contribution is -2.34. The van der Waals surface area contributed by atoms with Crippen molar-refractivity contribution < 1.29 is 13.5 Å². The van der Waals surface area contributed by atoms with E-state index in [2.05, 4.69) is 4.90 Å². The Kier molecular flexibility index (Phi) is 4.08. The summed E-state index contributed by atoms with van der Waals surface area (Å²) in [6.45, 7) is 0.846. The van der Waals surface area contributed by atoms with Crippen molar-refractivity contribution in [3.63, 3.8) is 0 Å². The third-order valence-electron chi connectivity index (χ3n) is 3.32. The van der Waals surface area contributed by atoms with Gasteiger partial charge in [0.1, 0.15) is 0 Å². The number of sulfonamides is 1. The van der Waals surface area contributed by atoms with Gasteiger partial charge in [-0.05, 0) is 32.0 Å². The topological polar surface area (TPSA) is 60.9 Å². The lowest BCUT2D eigenvalue weighted by molar-refractivity contribution is 0.282. The maximum atomic E-state index is 12.4. The first-order chi connectivity index (χ1) is 8.46. The van der Waals surface area contributed by atoms with Crippen LogP contribution in [0.4, 0.5) is 0 Å².